The van der Waals surface area contributed by atoms with Crippen LogP contribution in [-0.4, -0.2) is 29.1 Å². The minimum absolute atomic E-state index is 0.330. The summed E-state index contributed by atoms with van der Waals surface area (Å²) in [5, 5.41) is 9.42. The lowest BCUT2D eigenvalue weighted by molar-refractivity contribution is 0.490. The maximum absolute atomic E-state index is 4.79. The van der Waals surface area contributed by atoms with Crippen molar-refractivity contribution >= 4 is 0 Å². The normalized spacial score (nSPS) is 14.1. The Morgan fingerprint density at radius 3 is 2.23 bits per heavy atom. The number of nitrogens with zero attached hydrogens (tertiary/aromatic N) is 6. The van der Waals surface area contributed by atoms with Crippen LogP contribution in [0.15, 0.2) is 36.9 Å². The first-order chi connectivity index (χ1) is 12.4. The summed E-state index contributed by atoms with van der Waals surface area (Å²) in [4.78, 5) is 4.44. The third kappa shape index (κ3) is 4.23. The van der Waals surface area contributed by atoms with E-state index >= 15 is 0 Å². The van der Waals surface area contributed by atoms with E-state index in [9.17, 15) is 0 Å². The molecule has 0 aliphatic heterocycles. The molecule has 0 aliphatic rings. The standard InChI is InChI=1S/C20H30N6/c1-15(2)18-7-11-25(22-18)10-6-16(3)19-8-12-26(23-19)14-17(4)20-21-9-13-24(20)5/h7-9,11-13,15-17H,6,10,14H2,1-5H3. The molecule has 26 heavy (non-hydrogen) atoms. The van der Waals surface area contributed by atoms with E-state index in [0.29, 0.717) is 17.8 Å². The second kappa shape index (κ2) is 7.89. The van der Waals surface area contributed by atoms with E-state index in [1.54, 1.807) is 0 Å². The van der Waals surface area contributed by atoms with Crippen molar-refractivity contribution in [3.05, 3.63) is 54.1 Å². The fourth-order valence-electron chi connectivity index (χ4n) is 3.24. The van der Waals surface area contributed by atoms with Crippen molar-refractivity contribution in [1.29, 1.82) is 0 Å². The highest BCUT2D eigenvalue weighted by atomic mass is 15.3. The van der Waals surface area contributed by atoms with Gasteiger partial charge in [-0.1, -0.05) is 27.7 Å². The highest BCUT2D eigenvalue weighted by molar-refractivity contribution is 5.07. The largest absolute Gasteiger partial charge is 0.338 e. The van der Waals surface area contributed by atoms with Crippen molar-refractivity contribution in [3.63, 3.8) is 0 Å². The fourth-order valence-corrected chi connectivity index (χ4v) is 3.24. The molecule has 0 bridgehead atoms. The zero-order valence-electron chi connectivity index (χ0n) is 16.5. The van der Waals surface area contributed by atoms with Gasteiger partial charge in [0.2, 0.25) is 0 Å². The highest BCUT2D eigenvalue weighted by Gasteiger charge is 2.14. The first-order valence-corrected chi connectivity index (χ1v) is 9.48. The molecule has 0 saturated carbocycles. The van der Waals surface area contributed by atoms with Gasteiger partial charge in [0.15, 0.2) is 0 Å². The van der Waals surface area contributed by atoms with Gasteiger partial charge in [-0.3, -0.25) is 9.36 Å². The Labute approximate surface area is 155 Å². The molecule has 0 fully saturated rings. The lowest BCUT2D eigenvalue weighted by atomic mass is 10.0. The second-order valence-electron chi connectivity index (χ2n) is 7.61. The van der Waals surface area contributed by atoms with E-state index in [4.69, 9.17) is 5.10 Å². The molecule has 3 rings (SSSR count). The lowest BCUT2D eigenvalue weighted by Crippen LogP contribution is -2.12. The van der Waals surface area contributed by atoms with Gasteiger partial charge < -0.3 is 4.57 Å². The third-order valence-corrected chi connectivity index (χ3v) is 4.97. The molecule has 0 saturated heterocycles. The number of hydrogen-bond donors (Lipinski definition) is 0. The fraction of sp³-hybridized carbons (Fsp3) is 0.550. The van der Waals surface area contributed by atoms with Gasteiger partial charge in [0.05, 0.1) is 17.9 Å². The average molecular weight is 355 g/mol. The van der Waals surface area contributed by atoms with Crippen LogP contribution in [-0.2, 0) is 20.1 Å². The summed E-state index contributed by atoms with van der Waals surface area (Å²) in [7, 11) is 2.04. The molecule has 0 N–H and O–H groups in total. The third-order valence-electron chi connectivity index (χ3n) is 4.97. The Morgan fingerprint density at radius 2 is 1.58 bits per heavy atom. The van der Waals surface area contributed by atoms with E-state index in [1.807, 2.05) is 28.8 Å². The van der Waals surface area contributed by atoms with Gasteiger partial charge in [-0.05, 0) is 24.5 Å². The van der Waals surface area contributed by atoms with Crippen molar-refractivity contribution in [3.8, 4) is 0 Å². The summed E-state index contributed by atoms with van der Waals surface area (Å²) in [5.74, 6) is 2.31. The Hall–Kier alpha value is -2.37. The van der Waals surface area contributed by atoms with Gasteiger partial charge in [-0.2, -0.15) is 10.2 Å². The summed E-state index contributed by atoms with van der Waals surface area (Å²) < 4.78 is 6.16. The van der Waals surface area contributed by atoms with Crippen molar-refractivity contribution in [2.24, 2.45) is 7.05 Å². The molecule has 0 amide bonds. The quantitative estimate of drug-likeness (QED) is 0.616. The summed E-state index contributed by atoms with van der Waals surface area (Å²) in [6, 6.07) is 4.25. The molecule has 6 nitrogen and oxygen atoms in total. The van der Waals surface area contributed by atoms with Crippen LogP contribution in [0.25, 0.3) is 0 Å². The maximum atomic E-state index is 4.79. The number of imidazole rings is 1. The minimum atomic E-state index is 0.330. The van der Waals surface area contributed by atoms with Crippen LogP contribution in [0.2, 0.25) is 0 Å². The molecule has 140 valence electrons. The van der Waals surface area contributed by atoms with E-state index in [1.165, 1.54) is 0 Å². The zero-order valence-corrected chi connectivity index (χ0v) is 16.5. The highest BCUT2D eigenvalue weighted by Crippen LogP contribution is 2.20. The molecule has 0 aromatic carbocycles. The first kappa shape index (κ1) is 18.4. The lowest BCUT2D eigenvalue weighted by Gasteiger charge is -2.12. The van der Waals surface area contributed by atoms with Crippen LogP contribution in [0.5, 0.6) is 0 Å². The van der Waals surface area contributed by atoms with Crippen molar-refractivity contribution < 1.29 is 0 Å². The Bertz CT molecular complexity index is 825. The molecule has 6 heteroatoms. The number of aryl methyl sites for hydroxylation is 2. The SMILES string of the molecule is CC(C)c1ccn(CCC(C)c2ccn(CC(C)c3nccn3C)n2)n1. The van der Waals surface area contributed by atoms with Gasteiger partial charge in [-0.25, -0.2) is 4.98 Å². The van der Waals surface area contributed by atoms with Crippen LogP contribution in [0.4, 0.5) is 0 Å². The molecular weight excluding hydrogens is 324 g/mol. The number of rotatable bonds is 8. The van der Waals surface area contributed by atoms with Gasteiger partial charge in [-0.15, -0.1) is 0 Å². The second-order valence-corrected chi connectivity index (χ2v) is 7.61. The van der Waals surface area contributed by atoms with Crippen molar-refractivity contribution in [2.45, 2.75) is 65.0 Å². The Morgan fingerprint density at radius 1 is 0.885 bits per heavy atom. The van der Waals surface area contributed by atoms with Crippen molar-refractivity contribution in [1.82, 2.24) is 29.1 Å². The monoisotopic (exact) mass is 354 g/mol. The average Bonchev–Trinajstić information content (AvgIpc) is 3.32. The predicted octanol–water partition coefficient (Wildman–Crippen LogP) is 3.93. The van der Waals surface area contributed by atoms with E-state index in [-0.39, 0.29) is 0 Å². The molecule has 3 aromatic rings. The first-order valence-electron chi connectivity index (χ1n) is 9.48. The molecule has 3 aromatic heterocycles. The number of aromatic nitrogens is 6. The molecule has 3 heterocycles. The maximum Gasteiger partial charge on any atom is 0.113 e. The summed E-state index contributed by atoms with van der Waals surface area (Å²) in [6.07, 6.45) is 9.03. The smallest absolute Gasteiger partial charge is 0.113 e. The van der Waals surface area contributed by atoms with E-state index in [0.717, 1.165) is 36.7 Å². The van der Waals surface area contributed by atoms with Gasteiger partial charge in [0.1, 0.15) is 5.82 Å². The van der Waals surface area contributed by atoms with E-state index in [2.05, 4.69) is 66.9 Å². The van der Waals surface area contributed by atoms with Gasteiger partial charge in [0, 0.05) is 50.2 Å². The van der Waals surface area contributed by atoms with Gasteiger partial charge >= 0.3 is 0 Å². The summed E-state index contributed by atoms with van der Waals surface area (Å²) >= 11 is 0. The van der Waals surface area contributed by atoms with Crippen molar-refractivity contribution in [2.75, 3.05) is 0 Å². The molecule has 0 radical (unpaired) electrons. The number of hydrogen-bond acceptors (Lipinski definition) is 3. The topological polar surface area (TPSA) is 53.5 Å². The van der Waals surface area contributed by atoms with Crippen LogP contribution in [0.1, 0.15) is 69.1 Å². The van der Waals surface area contributed by atoms with Crippen LogP contribution in [0.3, 0.4) is 0 Å². The molecule has 2 unspecified atom stereocenters. The molecule has 0 spiro atoms. The van der Waals surface area contributed by atoms with Crippen LogP contribution >= 0.6 is 0 Å². The summed E-state index contributed by atoms with van der Waals surface area (Å²) in [6.45, 7) is 10.5. The molecule has 0 aliphatic carbocycles. The zero-order chi connectivity index (χ0) is 18.7. The Kier molecular flexibility index (Phi) is 5.59. The summed E-state index contributed by atoms with van der Waals surface area (Å²) in [5.41, 5.74) is 2.30. The minimum Gasteiger partial charge on any atom is -0.338 e. The van der Waals surface area contributed by atoms with E-state index < -0.39 is 0 Å². The van der Waals surface area contributed by atoms with Crippen LogP contribution in [0, 0.1) is 0 Å². The van der Waals surface area contributed by atoms with Gasteiger partial charge in [0.25, 0.3) is 0 Å². The molecule has 2 atom stereocenters. The molecular formula is C20H30N6. The van der Waals surface area contributed by atoms with Crippen LogP contribution < -0.4 is 0 Å². The Balaban J connectivity index is 1.55. The predicted molar refractivity (Wildman–Crippen MR) is 103 cm³/mol.